The number of hydrogen-bond acceptors (Lipinski definition) is 12. The lowest BCUT2D eigenvalue weighted by Crippen LogP contribution is -2.57. The number of benzene rings is 2. The van der Waals surface area contributed by atoms with Crippen LogP contribution in [0.1, 0.15) is 68.8 Å². The number of ether oxygens (including phenoxy) is 3. The number of phenols is 2. The topological polar surface area (TPSA) is 201 Å². The largest absolute Gasteiger partial charge is 0.507 e. The molecule has 2 heterocycles. The molecule has 260 valence electrons. The van der Waals surface area contributed by atoms with Gasteiger partial charge in [0, 0.05) is 41.5 Å². The van der Waals surface area contributed by atoms with E-state index in [-0.39, 0.29) is 22.3 Å². The van der Waals surface area contributed by atoms with Gasteiger partial charge in [-0.15, -0.1) is 11.3 Å². The van der Waals surface area contributed by atoms with Crippen LogP contribution >= 0.6 is 11.3 Å². The number of carbonyl (C=O) groups excluding carboxylic acids is 4. The van der Waals surface area contributed by atoms with Gasteiger partial charge >= 0.3 is 18.2 Å². The third-order valence-corrected chi connectivity index (χ3v) is 9.45. The molecule has 1 saturated heterocycles. The molecule has 0 bridgehead atoms. The summed E-state index contributed by atoms with van der Waals surface area (Å²) >= 11 is 1.20. The summed E-state index contributed by atoms with van der Waals surface area (Å²) in [6.07, 6.45) is -13.4. The second-order valence-corrected chi connectivity index (χ2v) is 13.0. The van der Waals surface area contributed by atoms with Crippen molar-refractivity contribution in [1.29, 1.82) is 0 Å². The molecule has 1 fully saturated rings. The van der Waals surface area contributed by atoms with Crippen molar-refractivity contribution in [1.82, 2.24) is 5.32 Å². The predicted octanol–water partition coefficient (Wildman–Crippen LogP) is 3.46. The van der Waals surface area contributed by atoms with Gasteiger partial charge < -0.3 is 40.0 Å². The van der Waals surface area contributed by atoms with Crippen LogP contribution in [-0.4, -0.2) is 86.9 Å². The molecule has 6 atom stereocenters. The highest BCUT2D eigenvalue weighted by Crippen LogP contribution is 2.52. The number of aliphatic hydroxyl groups is 2. The van der Waals surface area contributed by atoms with Gasteiger partial charge in [0.15, 0.2) is 17.9 Å². The molecular formula is C32H29F3N2O11S. The Hall–Kier alpha value is -4.55. The fourth-order valence-corrected chi connectivity index (χ4v) is 6.99. The van der Waals surface area contributed by atoms with E-state index in [0.717, 1.165) is 0 Å². The van der Waals surface area contributed by atoms with E-state index >= 15 is 0 Å². The molecule has 49 heavy (non-hydrogen) atoms. The Balaban J connectivity index is 1.37. The third-order valence-electron chi connectivity index (χ3n) is 8.67. The minimum Gasteiger partial charge on any atom is -0.507 e. The molecule has 17 heteroatoms. The number of alkyl halides is 3. The number of aromatic hydroxyl groups is 2. The lowest BCUT2D eigenvalue weighted by Gasteiger charge is -2.43. The Labute approximate surface area is 279 Å². The molecule has 6 N–H and O–H groups in total. The van der Waals surface area contributed by atoms with Gasteiger partial charge in [-0.25, -0.2) is 4.79 Å². The SMILES string of the molecule is C[C@@H]1O[C@@H](O[C@H]2C[C@](O)(COC(=O)Nc3cccs3)Cc3c(O)c4c(c(O)c32)C(=O)c2ccccc2C4=O)C[C@H](NC(=O)C(F)(F)F)[C@H]1O. The highest BCUT2D eigenvalue weighted by molar-refractivity contribution is 7.14. The van der Waals surface area contributed by atoms with Crippen molar-refractivity contribution < 1.29 is 67.0 Å². The number of amides is 2. The van der Waals surface area contributed by atoms with Crippen molar-refractivity contribution in [3.8, 4) is 11.5 Å². The maximum atomic E-state index is 13.6. The monoisotopic (exact) mass is 706 g/mol. The summed E-state index contributed by atoms with van der Waals surface area (Å²) in [5.41, 5.74) is -3.57. The highest BCUT2D eigenvalue weighted by atomic mass is 32.1. The number of halogens is 3. The Morgan fingerprint density at radius 2 is 1.71 bits per heavy atom. The predicted molar refractivity (Wildman–Crippen MR) is 162 cm³/mol. The fourth-order valence-electron chi connectivity index (χ4n) is 6.38. The number of nitrogens with one attached hydrogen (secondary N) is 2. The summed E-state index contributed by atoms with van der Waals surface area (Å²) in [5.74, 6) is -5.36. The Bertz CT molecular complexity index is 1830. The average Bonchev–Trinajstić information content (AvgIpc) is 3.55. The molecule has 3 aromatic rings. The van der Waals surface area contributed by atoms with Gasteiger partial charge in [0.05, 0.1) is 34.4 Å². The summed E-state index contributed by atoms with van der Waals surface area (Å²) in [6, 6.07) is 7.55. The first-order valence-corrected chi connectivity index (χ1v) is 15.8. The van der Waals surface area contributed by atoms with E-state index in [0.29, 0.717) is 5.00 Å². The van der Waals surface area contributed by atoms with Crippen molar-refractivity contribution in [3.05, 3.63) is 75.2 Å². The zero-order chi connectivity index (χ0) is 35.4. The van der Waals surface area contributed by atoms with Crippen molar-refractivity contribution in [2.45, 2.75) is 68.6 Å². The maximum Gasteiger partial charge on any atom is 0.471 e. The van der Waals surface area contributed by atoms with Crippen LogP contribution in [0.3, 0.4) is 0 Å². The minimum atomic E-state index is -5.25. The Kier molecular flexibility index (Phi) is 8.91. The van der Waals surface area contributed by atoms with E-state index in [1.54, 1.807) is 22.8 Å². The first-order valence-electron chi connectivity index (χ1n) is 14.9. The lowest BCUT2D eigenvalue weighted by molar-refractivity contribution is -0.252. The van der Waals surface area contributed by atoms with Gasteiger partial charge in [0.25, 0.3) is 0 Å². The van der Waals surface area contributed by atoms with E-state index in [4.69, 9.17) is 14.2 Å². The summed E-state index contributed by atoms with van der Waals surface area (Å²) in [7, 11) is 0. The van der Waals surface area contributed by atoms with Gasteiger partial charge in [-0.2, -0.15) is 13.2 Å². The van der Waals surface area contributed by atoms with Crippen molar-refractivity contribution in [3.63, 3.8) is 0 Å². The van der Waals surface area contributed by atoms with Crippen molar-refractivity contribution >= 4 is 39.9 Å². The summed E-state index contributed by atoms with van der Waals surface area (Å²) in [5, 5.41) is 51.7. The fraction of sp³-hybridized carbons (Fsp3) is 0.375. The van der Waals surface area contributed by atoms with E-state index in [9.17, 15) is 52.8 Å². The molecular weight excluding hydrogens is 677 g/mol. The summed E-state index contributed by atoms with van der Waals surface area (Å²) in [4.78, 5) is 51.3. The van der Waals surface area contributed by atoms with Gasteiger partial charge in [0.2, 0.25) is 0 Å². The van der Waals surface area contributed by atoms with E-state index in [1.807, 2.05) is 0 Å². The molecule has 2 aliphatic carbocycles. The molecule has 1 aromatic heterocycles. The number of anilines is 1. The highest BCUT2D eigenvalue weighted by Gasteiger charge is 2.49. The number of aliphatic hydroxyl groups excluding tert-OH is 1. The third kappa shape index (κ3) is 6.47. The van der Waals surface area contributed by atoms with Crippen LogP contribution in [0.2, 0.25) is 0 Å². The van der Waals surface area contributed by atoms with Gasteiger partial charge in [-0.3, -0.25) is 19.7 Å². The van der Waals surface area contributed by atoms with E-state index in [2.05, 4.69) is 5.32 Å². The standard InChI is InChI=1S/C32H29F3N2O11S/c1-13-24(38)17(36-29(43)32(33,34)35)9-20(47-13)48-18-11-31(45,12-46-30(44)37-19-7-4-8-49-19)10-16-21(18)28(42)23-22(27(16)41)25(39)14-5-2-3-6-15(14)26(23)40/h2-8,13,17-18,20,24,38,41-42,45H,9-12H2,1H3,(H,36,43)(H,37,44)/t13-,17-,18-,20-,24-,31-/m0/s1. The number of fused-ring (bicyclic) bond motifs is 3. The van der Waals surface area contributed by atoms with E-state index in [1.165, 1.54) is 42.5 Å². The normalized spacial score (nSPS) is 26.3. The van der Waals surface area contributed by atoms with Gasteiger partial charge in [0.1, 0.15) is 29.8 Å². The van der Waals surface area contributed by atoms with Crippen LogP contribution in [0.5, 0.6) is 11.5 Å². The summed E-state index contributed by atoms with van der Waals surface area (Å²) < 4.78 is 56.1. The molecule has 0 unspecified atom stereocenters. The first-order chi connectivity index (χ1) is 23.1. The van der Waals surface area contributed by atoms with Crippen LogP contribution in [-0.2, 0) is 25.4 Å². The van der Waals surface area contributed by atoms with E-state index < -0.39 is 114 Å². The van der Waals surface area contributed by atoms with Gasteiger partial charge in [-0.05, 0) is 24.4 Å². The molecule has 6 rings (SSSR count). The molecule has 13 nitrogen and oxygen atoms in total. The minimum absolute atomic E-state index is 0.0304. The zero-order valence-corrected chi connectivity index (χ0v) is 26.3. The lowest BCUT2D eigenvalue weighted by atomic mass is 9.73. The maximum absolute atomic E-state index is 13.6. The van der Waals surface area contributed by atoms with Crippen molar-refractivity contribution in [2.24, 2.45) is 0 Å². The second kappa shape index (κ2) is 12.7. The van der Waals surface area contributed by atoms with Crippen molar-refractivity contribution in [2.75, 3.05) is 11.9 Å². The molecule has 3 aliphatic rings. The molecule has 1 aliphatic heterocycles. The smallest absolute Gasteiger partial charge is 0.471 e. The quantitative estimate of drug-likeness (QED) is 0.161. The molecule has 2 amide bonds. The molecule has 0 radical (unpaired) electrons. The summed E-state index contributed by atoms with van der Waals surface area (Å²) in [6.45, 7) is 0.626. The average molecular weight is 707 g/mol. The Morgan fingerprint density at radius 3 is 2.33 bits per heavy atom. The molecule has 0 saturated carbocycles. The number of carbonyl (C=O) groups is 4. The van der Waals surface area contributed by atoms with Crippen LogP contribution in [0.15, 0.2) is 41.8 Å². The van der Waals surface area contributed by atoms with Crippen LogP contribution in [0, 0.1) is 0 Å². The van der Waals surface area contributed by atoms with Crippen LogP contribution in [0.4, 0.5) is 23.0 Å². The van der Waals surface area contributed by atoms with Crippen LogP contribution < -0.4 is 10.6 Å². The van der Waals surface area contributed by atoms with Gasteiger partial charge in [-0.1, -0.05) is 24.3 Å². The number of hydrogen-bond donors (Lipinski definition) is 6. The first kappa shape index (κ1) is 34.3. The zero-order valence-electron chi connectivity index (χ0n) is 25.4. The number of rotatable bonds is 6. The van der Waals surface area contributed by atoms with Crippen LogP contribution in [0.25, 0.3) is 0 Å². The second-order valence-electron chi connectivity index (χ2n) is 12.0. The Morgan fingerprint density at radius 1 is 1.06 bits per heavy atom. The number of phenolic OH excluding ortho intramolecular Hbond substituents is 2. The molecule has 2 aromatic carbocycles. The number of thiophene rings is 1. The molecule has 0 spiro atoms. The number of ketones is 2.